The van der Waals surface area contributed by atoms with E-state index >= 15 is 0 Å². The maximum absolute atomic E-state index is 11.3. The van der Waals surface area contributed by atoms with Crippen LogP contribution in [0.5, 0.6) is 0 Å². The second-order valence-electron chi connectivity index (χ2n) is 5.22. The van der Waals surface area contributed by atoms with Gasteiger partial charge in [-0.1, -0.05) is 25.0 Å². The summed E-state index contributed by atoms with van der Waals surface area (Å²) in [6.07, 6.45) is 4.01. The summed E-state index contributed by atoms with van der Waals surface area (Å²) in [5.74, 6) is -0.320. The van der Waals surface area contributed by atoms with Gasteiger partial charge in [-0.25, -0.2) is 4.79 Å². The van der Waals surface area contributed by atoms with Crippen molar-refractivity contribution in [1.82, 2.24) is 5.32 Å². The standard InChI is InChI=1S/C15H21NO3/c1-19-14(17)13-6-4-12(5-7-13)10-16-11-15(18)8-2-3-9-15/h4-7,16,18H,2-3,8-11H2,1H3. The minimum atomic E-state index is -0.522. The molecule has 1 fully saturated rings. The Morgan fingerprint density at radius 1 is 1.32 bits per heavy atom. The molecular formula is C15H21NO3. The van der Waals surface area contributed by atoms with E-state index in [1.165, 1.54) is 7.11 Å². The second-order valence-corrected chi connectivity index (χ2v) is 5.22. The molecular weight excluding hydrogens is 242 g/mol. The summed E-state index contributed by atoms with van der Waals surface area (Å²) in [4.78, 5) is 11.3. The van der Waals surface area contributed by atoms with Crippen LogP contribution in [0.1, 0.15) is 41.6 Å². The summed E-state index contributed by atoms with van der Waals surface area (Å²) >= 11 is 0. The second kappa shape index (κ2) is 6.17. The van der Waals surface area contributed by atoms with Gasteiger partial charge in [0.15, 0.2) is 0 Å². The van der Waals surface area contributed by atoms with Crippen LogP contribution < -0.4 is 5.32 Å². The van der Waals surface area contributed by atoms with E-state index in [9.17, 15) is 9.90 Å². The molecule has 19 heavy (non-hydrogen) atoms. The van der Waals surface area contributed by atoms with Gasteiger partial charge in [-0.2, -0.15) is 0 Å². The van der Waals surface area contributed by atoms with Crippen molar-refractivity contribution in [3.63, 3.8) is 0 Å². The summed E-state index contributed by atoms with van der Waals surface area (Å²) < 4.78 is 4.65. The van der Waals surface area contributed by atoms with Gasteiger partial charge in [0, 0.05) is 13.1 Å². The molecule has 0 bridgehead atoms. The fraction of sp³-hybridized carbons (Fsp3) is 0.533. The molecule has 0 atom stereocenters. The highest BCUT2D eigenvalue weighted by Crippen LogP contribution is 2.28. The number of hydrogen-bond acceptors (Lipinski definition) is 4. The lowest BCUT2D eigenvalue weighted by Gasteiger charge is -2.22. The third-order valence-corrected chi connectivity index (χ3v) is 3.69. The first-order chi connectivity index (χ1) is 9.13. The Morgan fingerprint density at radius 2 is 1.95 bits per heavy atom. The zero-order valence-corrected chi connectivity index (χ0v) is 11.3. The third-order valence-electron chi connectivity index (χ3n) is 3.69. The van der Waals surface area contributed by atoms with Crippen LogP contribution in [-0.2, 0) is 11.3 Å². The Bertz CT molecular complexity index is 422. The van der Waals surface area contributed by atoms with Crippen LogP contribution in [0.15, 0.2) is 24.3 Å². The lowest BCUT2D eigenvalue weighted by Crippen LogP contribution is -2.37. The molecule has 0 aromatic heterocycles. The Balaban J connectivity index is 1.81. The Morgan fingerprint density at radius 3 is 2.53 bits per heavy atom. The van der Waals surface area contributed by atoms with Gasteiger partial charge in [-0.3, -0.25) is 0 Å². The molecule has 1 aliphatic carbocycles. The van der Waals surface area contributed by atoms with Crippen molar-refractivity contribution < 1.29 is 14.6 Å². The number of methoxy groups -OCH3 is 1. The maximum atomic E-state index is 11.3. The van der Waals surface area contributed by atoms with Gasteiger partial charge in [-0.05, 0) is 30.5 Å². The van der Waals surface area contributed by atoms with Crippen molar-refractivity contribution in [2.75, 3.05) is 13.7 Å². The average Bonchev–Trinajstić information content (AvgIpc) is 2.86. The lowest BCUT2D eigenvalue weighted by molar-refractivity contribution is 0.0474. The summed E-state index contributed by atoms with van der Waals surface area (Å²) in [6, 6.07) is 7.32. The van der Waals surface area contributed by atoms with Gasteiger partial charge in [0.25, 0.3) is 0 Å². The van der Waals surface area contributed by atoms with Crippen LogP contribution >= 0.6 is 0 Å². The van der Waals surface area contributed by atoms with Crippen molar-refractivity contribution in [3.8, 4) is 0 Å². The van der Waals surface area contributed by atoms with Crippen molar-refractivity contribution in [2.24, 2.45) is 0 Å². The Kier molecular flexibility index (Phi) is 4.56. The zero-order valence-electron chi connectivity index (χ0n) is 11.3. The van der Waals surface area contributed by atoms with Crippen LogP contribution in [0.25, 0.3) is 0 Å². The van der Waals surface area contributed by atoms with Crippen LogP contribution in [0.4, 0.5) is 0 Å². The zero-order chi connectivity index (χ0) is 13.7. The minimum Gasteiger partial charge on any atom is -0.465 e. The molecule has 1 aromatic rings. The van der Waals surface area contributed by atoms with E-state index in [1.54, 1.807) is 12.1 Å². The fourth-order valence-corrected chi connectivity index (χ4v) is 2.53. The molecule has 0 radical (unpaired) electrons. The molecule has 0 saturated heterocycles. The maximum Gasteiger partial charge on any atom is 0.337 e. The SMILES string of the molecule is COC(=O)c1ccc(CNCC2(O)CCCC2)cc1. The highest BCUT2D eigenvalue weighted by molar-refractivity contribution is 5.89. The van der Waals surface area contributed by atoms with Gasteiger partial charge >= 0.3 is 5.97 Å². The molecule has 0 heterocycles. The van der Waals surface area contributed by atoms with Gasteiger partial charge in [0.1, 0.15) is 0 Å². The summed E-state index contributed by atoms with van der Waals surface area (Å²) in [6.45, 7) is 1.33. The molecule has 1 saturated carbocycles. The first-order valence-electron chi connectivity index (χ1n) is 6.73. The number of nitrogens with one attached hydrogen (secondary N) is 1. The van der Waals surface area contributed by atoms with Crippen molar-refractivity contribution in [3.05, 3.63) is 35.4 Å². The van der Waals surface area contributed by atoms with Gasteiger partial charge < -0.3 is 15.2 Å². The molecule has 1 aromatic carbocycles. The summed E-state index contributed by atoms with van der Waals surface area (Å²) in [5, 5.41) is 13.5. The van der Waals surface area contributed by atoms with Crippen molar-refractivity contribution in [1.29, 1.82) is 0 Å². The van der Waals surface area contributed by atoms with E-state index in [0.29, 0.717) is 18.7 Å². The number of benzene rings is 1. The summed E-state index contributed by atoms with van der Waals surface area (Å²) in [5.41, 5.74) is 1.13. The number of carbonyl (C=O) groups excluding carboxylic acids is 1. The molecule has 104 valence electrons. The minimum absolute atomic E-state index is 0.320. The van der Waals surface area contributed by atoms with E-state index in [0.717, 1.165) is 31.2 Å². The molecule has 4 nitrogen and oxygen atoms in total. The average molecular weight is 263 g/mol. The van der Waals surface area contributed by atoms with Crippen LogP contribution in [0.3, 0.4) is 0 Å². The normalized spacial score (nSPS) is 17.4. The van der Waals surface area contributed by atoms with Crippen LogP contribution in [0, 0.1) is 0 Å². The first kappa shape index (κ1) is 14.0. The molecule has 4 heteroatoms. The molecule has 0 aliphatic heterocycles. The van der Waals surface area contributed by atoms with Gasteiger partial charge in [-0.15, -0.1) is 0 Å². The topological polar surface area (TPSA) is 58.6 Å². The summed E-state index contributed by atoms with van der Waals surface area (Å²) in [7, 11) is 1.38. The van der Waals surface area contributed by atoms with E-state index in [4.69, 9.17) is 0 Å². The molecule has 2 rings (SSSR count). The van der Waals surface area contributed by atoms with Gasteiger partial charge in [0.05, 0.1) is 18.3 Å². The number of hydrogen-bond donors (Lipinski definition) is 2. The number of aliphatic hydroxyl groups is 1. The largest absolute Gasteiger partial charge is 0.465 e. The Labute approximate surface area is 113 Å². The third kappa shape index (κ3) is 3.78. The smallest absolute Gasteiger partial charge is 0.337 e. The van der Waals surface area contributed by atoms with E-state index in [2.05, 4.69) is 10.1 Å². The number of esters is 1. The van der Waals surface area contributed by atoms with Crippen LogP contribution in [-0.4, -0.2) is 30.3 Å². The van der Waals surface area contributed by atoms with E-state index in [1.807, 2.05) is 12.1 Å². The molecule has 0 amide bonds. The lowest BCUT2D eigenvalue weighted by atomic mass is 10.0. The van der Waals surface area contributed by atoms with E-state index in [-0.39, 0.29) is 5.97 Å². The monoisotopic (exact) mass is 263 g/mol. The highest BCUT2D eigenvalue weighted by Gasteiger charge is 2.30. The fourth-order valence-electron chi connectivity index (χ4n) is 2.53. The number of ether oxygens (including phenoxy) is 1. The first-order valence-corrected chi connectivity index (χ1v) is 6.73. The highest BCUT2D eigenvalue weighted by atomic mass is 16.5. The number of rotatable bonds is 5. The van der Waals surface area contributed by atoms with E-state index < -0.39 is 5.60 Å². The van der Waals surface area contributed by atoms with Gasteiger partial charge in [0.2, 0.25) is 0 Å². The van der Waals surface area contributed by atoms with Crippen LogP contribution in [0.2, 0.25) is 0 Å². The van der Waals surface area contributed by atoms with Crippen molar-refractivity contribution in [2.45, 2.75) is 37.8 Å². The predicted molar refractivity (Wildman–Crippen MR) is 72.9 cm³/mol. The molecule has 2 N–H and O–H groups in total. The predicted octanol–water partition coefficient (Wildman–Crippen LogP) is 1.87. The Hall–Kier alpha value is -1.39. The molecule has 0 unspecified atom stereocenters. The quantitative estimate of drug-likeness (QED) is 0.796. The number of carbonyl (C=O) groups is 1. The van der Waals surface area contributed by atoms with Crippen molar-refractivity contribution >= 4 is 5.97 Å². The molecule has 1 aliphatic rings. The molecule has 0 spiro atoms.